The molecule has 0 bridgehead atoms. The van der Waals surface area contributed by atoms with E-state index in [1.54, 1.807) is 21.3 Å². The molecule has 0 saturated heterocycles. The van der Waals surface area contributed by atoms with E-state index in [-0.39, 0.29) is 17.9 Å². The van der Waals surface area contributed by atoms with Gasteiger partial charge in [-0.2, -0.15) is 0 Å². The summed E-state index contributed by atoms with van der Waals surface area (Å²) in [6.07, 6.45) is -0.315. The quantitative estimate of drug-likeness (QED) is 0.742. The molecule has 1 aromatic rings. The fourth-order valence-electron chi connectivity index (χ4n) is 2.52. The van der Waals surface area contributed by atoms with Gasteiger partial charge in [0, 0.05) is 32.4 Å². The fourth-order valence-corrected chi connectivity index (χ4v) is 3.89. The molecule has 1 atom stereocenters. The molecule has 0 amide bonds. The van der Waals surface area contributed by atoms with E-state index in [0.29, 0.717) is 0 Å². The number of aliphatic hydroxyl groups is 1. The zero-order valence-electron chi connectivity index (χ0n) is 14.6. The van der Waals surface area contributed by atoms with Crippen molar-refractivity contribution in [3.8, 4) is 0 Å². The molecule has 0 aliphatic heterocycles. The third kappa shape index (κ3) is 3.84. The Hall–Kier alpha value is -0.580. The van der Waals surface area contributed by atoms with Crippen LogP contribution in [0.4, 0.5) is 0 Å². The molecule has 5 nitrogen and oxygen atoms in total. The van der Waals surface area contributed by atoms with Crippen LogP contribution in [0.2, 0.25) is 0 Å². The van der Waals surface area contributed by atoms with Gasteiger partial charge in [-0.15, -0.1) is 0 Å². The maximum atomic E-state index is 9.53. The molecule has 0 spiro atoms. The summed E-state index contributed by atoms with van der Waals surface area (Å²) in [5.74, 6) is 0. The van der Waals surface area contributed by atoms with Gasteiger partial charge >= 0.3 is 0 Å². The Bertz CT molecular complexity index is 432. The summed E-state index contributed by atoms with van der Waals surface area (Å²) >= 11 is 0. The molecule has 0 saturated carbocycles. The van der Waals surface area contributed by atoms with Crippen molar-refractivity contribution >= 4 is 8.38 Å². The second kappa shape index (κ2) is 7.80. The van der Waals surface area contributed by atoms with Crippen LogP contribution in [0.25, 0.3) is 0 Å². The predicted molar refractivity (Wildman–Crippen MR) is 89.1 cm³/mol. The van der Waals surface area contributed by atoms with Gasteiger partial charge in [-0.25, -0.2) is 0 Å². The second-order valence-electron chi connectivity index (χ2n) is 6.22. The molecular formula is C16H28NO4P. The van der Waals surface area contributed by atoms with Crippen LogP contribution in [-0.4, -0.2) is 44.1 Å². The zero-order valence-corrected chi connectivity index (χ0v) is 15.5. The molecule has 0 aromatic carbocycles. The lowest BCUT2D eigenvalue weighted by atomic mass is 9.82. The van der Waals surface area contributed by atoms with Crippen molar-refractivity contribution < 1.29 is 18.9 Å². The highest BCUT2D eigenvalue weighted by atomic mass is 31.2. The van der Waals surface area contributed by atoms with Crippen molar-refractivity contribution in [2.24, 2.45) is 0 Å². The lowest BCUT2D eigenvalue weighted by Crippen LogP contribution is -2.39. The van der Waals surface area contributed by atoms with Crippen molar-refractivity contribution in [1.29, 1.82) is 0 Å². The number of hydrogen-bond donors (Lipinski definition) is 1. The molecule has 126 valence electrons. The van der Waals surface area contributed by atoms with Crippen molar-refractivity contribution in [3.05, 3.63) is 29.6 Å². The van der Waals surface area contributed by atoms with Crippen molar-refractivity contribution in [3.63, 3.8) is 0 Å². The molecule has 6 heteroatoms. The van der Waals surface area contributed by atoms with E-state index in [4.69, 9.17) is 18.8 Å². The average Bonchev–Trinajstić information content (AvgIpc) is 2.49. The molecule has 0 fully saturated rings. The first-order valence-corrected chi connectivity index (χ1v) is 8.43. The predicted octanol–water partition coefficient (Wildman–Crippen LogP) is 3.21. The summed E-state index contributed by atoms with van der Waals surface area (Å²) in [6.45, 7) is 8.11. The topological polar surface area (TPSA) is 60.8 Å². The highest BCUT2D eigenvalue weighted by Crippen LogP contribution is 2.55. The van der Waals surface area contributed by atoms with Crippen LogP contribution in [0.15, 0.2) is 18.2 Å². The van der Waals surface area contributed by atoms with Crippen LogP contribution in [-0.2, 0) is 24.4 Å². The van der Waals surface area contributed by atoms with Gasteiger partial charge < -0.3 is 18.9 Å². The molecule has 22 heavy (non-hydrogen) atoms. The number of rotatable bonds is 8. The van der Waals surface area contributed by atoms with Crippen LogP contribution >= 0.6 is 8.38 Å². The van der Waals surface area contributed by atoms with E-state index in [1.165, 1.54) is 0 Å². The first kappa shape index (κ1) is 19.5. The molecule has 0 aliphatic rings. The Kier molecular flexibility index (Phi) is 6.90. The van der Waals surface area contributed by atoms with E-state index in [9.17, 15) is 5.11 Å². The third-order valence-electron chi connectivity index (χ3n) is 4.08. The largest absolute Gasteiger partial charge is 0.394 e. The SMILES string of the molecule is COC(CO)C(C)(C)c1cccc(C(C)(C)P(OC)OC)n1. The van der Waals surface area contributed by atoms with Crippen LogP contribution in [0, 0.1) is 0 Å². The minimum Gasteiger partial charge on any atom is -0.394 e. The molecule has 1 rings (SSSR count). The Morgan fingerprint density at radius 2 is 1.64 bits per heavy atom. The first-order valence-electron chi connectivity index (χ1n) is 7.25. The lowest BCUT2D eigenvalue weighted by molar-refractivity contribution is 0.000934. The van der Waals surface area contributed by atoms with E-state index >= 15 is 0 Å². The zero-order chi connectivity index (χ0) is 17.0. The van der Waals surface area contributed by atoms with Gasteiger partial charge in [-0.3, -0.25) is 4.98 Å². The van der Waals surface area contributed by atoms with E-state index in [0.717, 1.165) is 11.4 Å². The summed E-state index contributed by atoms with van der Waals surface area (Å²) in [4.78, 5) is 4.81. The Morgan fingerprint density at radius 1 is 1.09 bits per heavy atom. The van der Waals surface area contributed by atoms with Crippen LogP contribution in [0.1, 0.15) is 39.1 Å². The van der Waals surface area contributed by atoms with Gasteiger partial charge in [-0.1, -0.05) is 19.9 Å². The molecule has 0 aliphatic carbocycles. The summed E-state index contributed by atoms with van der Waals surface area (Å²) in [5.41, 5.74) is 1.38. The summed E-state index contributed by atoms with van der Waals surface area (Å²) in [6, 6.07) is 5.92. The number of methoxy groups -OCH3 is 1. The summed E-state index contributed by atoms with van der Waals surface area (Å²) < 4.78 is 16.3. The highest BCUT2D eigenvalue weighted by molar-refractivity contribution is 7.48. The smallest absolute Gasteiger partial charge is 0.182 e. The molecule has 1 heterocycles. The number of nitrogens with zero attached hydrogens (tertiary/aromatic N) is 1. The van der Waals surface area contributed by atoms with Crippen LogP contribution < -0.4 is 0 Å². The Balaban J connectivity index is 3.24. The fraction of sp³-hybridized carbons (Fsp3) is 0.688. The number of hydrogen-bond acceptors (Lipinski definition) is 5. The van der Waals surface area contributed by atoms with E-state index in [2.05, 4.69) is 13.8 Å². The van der Waals surface area contributed by atoms with E-state index < -0.39 is 13.8 Å². The maximum Gasteiger partial charge on any atom is 0.182 e. The monoisotopic (exact) mass is 329 g/mol. The van der Waals surface area contributed by atoms with Gasteiger partial charge in [0.15, 0.2) is 8.38 Å². The number of pyridine rings is 1. The first-order chi connectivity index (χ1) is 10.2. The molecule has 1 N–H and O–H groups in total. The Morgan fingerprint density at radius 3 is 2.09 bits per heavy atom. The summed E-state index contributed by atoms with van der Waals surface area (Å²) in [7, 11) is 3.81. The number of ether oxygens (including phenoxy) is 1. The number of aromatic nitrogens is 1. The van der Waals surface area contributed by atoms with Gasteiger partial charge in [0.1, 0.15) is 0 Å². The molecule has 0 radical (unpaired) electrons. The van der Waals surface area contributed by atoms with Gasteiger partial charge in [0.2, 0.25) is 0 Å². The van der Waals surface area contributed by atoms with Gasteiger partial charge in [-0.05, 0) is 26.0 Å². The molecular weight excluding hydrogens is 301 g/mol. The van der Waals surface area contributed by atoms with E-state index in [1.807, 2.05) is 32.0 Å². The van der Waals surface area contributed by atoms with Gasteiger partial charge in [0.05, 0.1) is 23.6 Å². The third-order valence-corrected chi connectivity index (χ3v) is 5.88. The normalized spacial score (nSPS) is 14.4. The minimum atomic E-state index is -1.09. The Labute approximate surface area is 134 Å². The van der Waals surface area contributed by atoms with Crippen LogP contribution in [0.5, 0.6) is 0 Å². The average molecular weight is 329 g/mol. The highest BCUT2D eigenvalue weighted by Gasteiger charge is 2.37. The van der Waals surface area contributed by atoms with Crippen LogP contribution in [0.3, 0.4) is 0 Å². The van der Waals surface area contributed by atoms with Crippen molar-refractivity contribution in [2.45, 2.75) is 44.4 Å². The number of aliphatic hydroxyl groups excluding tert-OH is 1. The standard InChI is InChI=1S/C16H28NO4P/c1-15(2,14(11-18)19-5)12-9-8-10-13(17-12)16(3,4)22(20-6)21-7/h8-10,14,18H,11H2,1-7H3. The lowest BCUT2D eigenvalue weighted by Gasteiger charge is -2.34. The molecule has 1 unspecified atom stereocenters. The second-order valence-corrected chi connectivity index (χ2v) is 8.58. The summed E-state index contributed by atoms with van der Waals surface area (Å²) in [5, 5.41) is 9.19. The molecule has 1 aromatic heterocycles. The van der Waals surface area contributed by atoms with Gasteiger partial charge in [0.25, 0.3) is 0 Å². The van der Waals surface area contributed by atoms with Crippen molar-refractivity contribution in [1.82, 2.24) is 4.98 Å². The van der Waals surface area contributed by atoms with Crippen molar-refractivity contribution in [2.75, 3.05) is 27.9 Å². The minimum absolute atomic E-state index is 0.0539. The maximum absolute atomic E-state index is 9.53.